The second-order valence-electron chi connectivity index (χ2n) is 5.23. The summed E-state index contributed by atoms with van der Waals surface area (Å²) in [4.78, 5) is 10.5. The predicted molar refractivity (Wildman–Crippen MR) is 76.1 cm³/mol. The number of aliphatic carboxylic acids is 1. The van der Waals surface area contributed by atoms with Gasteiger partial charge in [0.2, 0.25) is 10.0 Å². The highest BCUT2D eigenvalue weighted by Gasteiger charge is 2.20. The lowest BCUT2D eigenvalue weighted by atomic mass is 9.89. The van der Waals surface area contributed by atoms with Gasteiger partial charge in [0.25, 0.3) is 0 Å². The standard InChI is InChI=1S/C14H19NO4S/c1-10(15-20(18,19)9-14(16)17)12-7-6-11-4-2-3-5-13(11)8-12/h6-8,10,15H,2-5,9H2,1H3,(H,16,17). The normalized spacial score (nSPS) is 16.4. The van der Waals surface area contributed by atoms with Gasteiger partial charge in [-0.25, -0.2) is 13.1 Å². The Balaban J connectivity index is 2.13. The van der Waals surface area contributed by atoms with E-state index in [2.05, 4.69) is 4.72 Å². The summed E-state index contributed by atoms with van der Waals surface area (Å²) >= 11 is 0. The third kappa shape index (κ3) is 3.80. The molecule has 1 aliphatic rings. The zero-order valence-electron chi connectivity index (χ0n) is 11.4. The fourth-order valence-electron chi connectivity index (χ4n) is 2.56. The number of hydrogen-bond donors (Lipinski definition) is 2. The monoisotopic (exact) mass is 297 g/mol. The molecule has 5 nitrogen and oxygen atoms in total. The van der Waals surface area contributed by atoms with Gasteiger partial charge < -0.3 is 5.11 Å². The van der Waals surface area contributed by atoms with Gasteiger partial charge in [-0.1, -0.05) is 18.2 Å². The maximum atomic E-state index is 11.6. The molecule has 1 aliphatic carbocycles. The highest BCUT2D eigenvalue weighted by molar-refractivity contribution is 7.90. The number of sulfonamides is 1. The molecule has 1 aromatic rings. The van der Waals surface area contributed by atoms with Gasteiger partial charge in [-0.3, -0.25) is 4.79 Å². The fourth-order valence-corrected chi connectivity index (χ4v) is 3.65. The second kappa shape index (κ2) is 5.93. The third-order valence-corrected chi connectivity index (χ3v) is 4.88. The van der Waals surface area contributed by atoms with Crippen LogP contribution in [0.25, 0.3) is 0 Å². The summed E-state index contributed by atoms with van der Waals surface area (Å²) in [5.41, 5.74) is 3.48. The first-order valence-electron chi connectivity index (χ1n) is 6.71. The Labute approximate surface area is 119 Å². The van der Waals surface area contributed by atoms with Gasteiger partial charge in [0.05, 0.1) is 0 Å². The molecule has 0 amide bonds. The van der Waals surface area contributed by atoms with Crippen LogP contribution in [0.15, 0.2) is 18.2 Å². The number of carboxylic acid groups (broad SMARTS) is 1. The van der Waals surface area contributed by atoms with E-state index in [9.17, 15) is 13.2 Å². The molecule has 2 N–H and O–H groups in total. The number of carbonyl (C=O) groups is 1. The molecule has 0 heterocycles. The van der Waals surface area contributed by atoms with E-state index >= 15 is 0 Å². The Morgan fingerprint density at radius 1 is 1.30 bits per heavy atom. The molecule has 0 saturated carbocycles. The van der Waals surface area contributed by atoms with Crippen molar-refractivity contribution in [2.75, 3.05) is 5.75 Å². The smallest absolute Gasteiger partial charge is 0.320 e. The van der Waals surface area contributed by atoms with Crippen molar-refractivity contribution in [2.45, 2.75) is 38.6 Å². The summed E-state index contributed by atoms with van der Waals surface area (Å²) in [5, 5.41) is 8.57. The molecule has 0 aliphatic heterocycles. The van der Waals surface area contributed by atoms with Crippen molar-refractivity contribution >= 4 is 16.0 Å². The van der Waals surface area contributed by atoms with E-state index in [1.807, 2.05) is 18.2 Å². The van der Waals surface area contributed by atoms with Crippen LogP contribution in [-0.2, 0) is 27.7 Å². The zero-order valence-corrected chi connectivity index (χ0v) is 12.2. The van der Waals surface area contributed by atoms with Crippen LogP contribution in [0.2, 0.25) is 0 Å². The SMILES string of the molecule is CC(NS(=O)(=O)CC(=O)O)c1ccc2c(c1)CCCC2. The number of carboxylic acids is 1. The van der Waals surface area contributed by atoms with Gasteiger partial charge in [0, 0.05) is 6.04 Å². The summed E-state index contributed by atoms with van der Waals surface area (Å²) < 4.78 is 25.6. The van der Waals surface area contributed by atoms with Crippen molar-refractivity contribution in [2.24, 2.45) is 0 Å². The maximum absolute atomic E-state index is 11.6. The van der Waals surface area contributed by atoms with E-state index in [0.717, 1.165) is 24.8 Å². The first-order valence-corrected chi connectivity index (χ1v) is 8.36. The minimum atomic E-state index is -3.80. The molecular weight excluding hydrogens is 278 g/mol. The second-order valence-corrected chi connectivity index (χ2v) is 6.98. The van der Waals surface area contributed by atoms with Crippen molar-refractivity contribution < 1.29 is 18.3 Å². The van der Waals surface area contributed by atoms with Crippen molar-refractivity contribution in [3.05, 3.63) is 34.9 Å². The molecule has 2 rings (SSSR count). The average Bonchev–Trinajstić information content (AvgIpc) is 2.36. The molecule has 0 fully saturated rings. The van der Waals surface area contributed by atoms with Crippen LogP contribution in [0.4, 0.5) is 0 Å². The van der Waals surface area contributed by atoms with Crippen molar-refractivity contribution in [3.63, 3.8) is 0 Å². The van der Waals surface area contributed by atoms with Gasteiger partial charge in [-0.2, -0.15) is 0 Å². The molecule has 110 valence electrons. The Kier molecular flexibility index (Phi) is 4.45. The zero-order chi connectivity index (χ0) is 14.8. The largest absolute Gasteiger partial charge is 0.480 e. The average molecular weight is 297 g/mol. The van der Waals surface area contributed by atoms with E-state index in [4.69, 9.17) is 5.11 Å². The lowest BCUT2D eigenvalue weighted by molar-refractivity contribution is -0.134. The number of benzene rings is 1. The first kappa shape index (κ1) is 15.0. The first-order chi connectivity index (χ1) is 9.37. The van der Waals surface area contributed by atoms with E-state index in [0.29, 0.717) is 0 Å². The molecule has 1 unspecified atom stereocenters. The Bertz CT molecular complexity index is 610. The van der Waals surface area contributed by atoms with Crippen LogP contribution in [0.5, 0.6) is 0 Å². The van der Waals surface area contributed by atoms with E-state index in [-0.39, 0.29) is 0 Å². The van der Waals surface area contributed by atoms with Crippen LogP contribution in [0.1, 0.15) is 42.5 Å². The van der Waals surface area contributed by atoms with E-state index in [1.165, 1.54) is 17.5 Å². The lowest BCUT2D eigenvalue weighted by Crippen LogP contribution is -2.32. The maximum Gasteiger partial charge on any atom is 0.320 e. The molecule has 0 spiro atoms. The molecule has 0 saturated heterocycles. The Morgan fingerprint density at radius 3 is 2.60 bits per heavy atom. The van der Waals surface area contributed by atoms with Crippen LogP contribution in [0, 0.1) is 0 Å². The Hall–Kier alpha value is -1.40. The lowest BCUT2D eigenvalue weighted by Gasteiger charge is -2.19. The molecule has 20 heavy (non-hydrogen) atoms. The predicted octanol–water partition coefficient (Wildman–Crippen LogP) is 1.63. The quantitative estimate of drug-likeness (QED) is 0.865. The molecule has 0 aromatic heterocycles. The summed E-state index contributed by atoms with van der Waals surface area (Å²) in [6.45, 7) is 1.73. The van der Waals surface area contributed by atoms with Crippen molar-refractivity contribution in [1.82, 2.24) is 4.72 Å². The summed E-state index contributed by atoms with van der Waals surface area (Å²) in [5.74, 6) is -2.25. The molecular formula is C14H19NO4S. The van der Waals surface area contributed by atoms with Crippen LogP contribution in [0.3, 0.4) is 0 Å². The van der Waals surface area contributed by atoms with Crippen LogP contribution >= 0.6 is 0 Å². The van der Waals surface area contributed by atoms with Crippen molar-refractivity contribution in [3.8, 4) is 0 Å². The molecule has 0 bridgehead atoms. The van der Waals surface area contributed by atoms with Gasteiger partial charge in [0.15, 0.2) is 5.75 Å². The third-order valence-electron chi connectivity index (χ3n) is 3.54. The van der Waals surface area contributed by atoms with Gasteiger partial charge in [-0.15, -0.1) is 0 Å². The highest BCUT2D eigenvalue weighted by Crippen LogP contribution is 2.25. The summed E-state index contributed by atoms with van der Waals surface area (Å²) in [7, 11) is -3.80. The van der Waals surface area contributed by atoms with Crippen LogP contribution < -0.4 is 4.72 Å². The number of nitrogens with one attached hydrogen (secondary N) is 1. The van der Waals surface area contributed by atoms with Crippen LogP contribution in [-0.4, -0.2) is 25.2 Å². The van der Waals surface area contributed by atoms with Crippen molar-refractivity contribution in [1.29, 1.82) is 0 Å². The van der Waals surface area contributed by atoms with Gasteiger partial charge in [0.1, 0.15) is 0 Å². The molecule has 1 atom stereocenters. The summed E-state index contributed by atoms with van der Waals surface area (Å²) in [6, 6.07) is 5.57. The molecule has 6 heteroatoms. The molecule has 1 aromatic carbocycles. The number of hydrogen-bond acceptors (Lipinski definition) is 3. The van der Waals surface area contributed by atoms with E-state index < -0.39 is 27.8 Å². The summed E-state index contributed by atoms with van der Waals surface area (Å²) in [6.07, 6.45) is 4.47. The minimum absolute atomic E-state index is 0.424. The number of rotatable bonds is 5. The van der Waals surface area contributed by atoms with Gasteiger partial charge in [-0.05, 0) is 49.3 Å². The highest BCUT2D eigenvalue weighted by atomic mass is 32.2. The topological polar surface area (TPSA) is 83.5 Å². The minimum Gasteiger partial charge on any atom is -0.480 e. The molecule has 0 radical (unpaired) electrons. The Morgan fingerprint density at radius 2 is 1.95 bits per heavy atom. The fraction of sp³-hybridized carbons (Fsp3) is 0.500. The van der Waals surface area contributed by atoms with Gasteiger partial charge >= 0.3 is 5.97 Å². The van der Waals surface area contributed by atoms with E-state index in [1.54, 1.807) is 6.92 Å². The number of aryl methyl sites for hydroxylation is 2. The number of fused-ring (bicyclic) bond motifs is 1.